The number of halogens is 2. The van der Waals surface area contributed by atoms with Gasteiger partial charge in [-0.05, 0) is 77.6 Å². The van der Waals surface area contributed by atoms with Crippen molar-refractivity contribution >= 4 is 40.9 Å². The molecule has 0 aliphatic rings. The van der Waals surface area contributed by atoms with E-state index in [4.69, 9.17) is 27.9 Å². The van der Waals surface area contributed by atoms with Crippen LogP contribution >= 0.6 is 23.2 Å². The Kier molecular flexibility index (Phi) is 7.42. The van der Waals surface area contributed by atoms with Gasteiger partial charge in [-0.25, -0.2) is 0 Å². The first-order valence-electron chi connectivity index (χ1n) is 10.1. The predicted molar refractivity (Wildman–Crippen MR) is 130 cm³/mol. The molecule has 3 nitrogen and oxygen atoms in total. The molecule has 0 unspecified atom stereocenters. The number of nitrogens with one attached hydrogen (secondary N) is 1. The van der Waals surface area contributed by atoms with Gasteiger partial charge in [-0.2, -0.15) is 0 Å². The quantitative estimate of drug-likeness (QED) is 0.366. The minimum absolute atomic E-state index is 0.145. The fourth-order valence-corrected chi connectivity index (χ4v) is 3.38. The van der Waals surface area contributed by atoms with Crippen LogP contribution in [0.2, 0.25) is 10.0 Å². The van der Waals surface area contributed by atoms with Crippen LogP contribution in [0.15, 0.2) is 72.8 Å². The highest BCUT2D eigenvalue weighted by atomic mass is 35.5. The van der Waals surface area contributed by atoms with E-state index in [-0.39, 0.29) is 11.3 Å². The molecule has 0 aliphatic carbocycles. The Bertz CT molecular complexity index is 1070. The monoisotopic (exact) mass is 453 g/mol. The van der Waals surface area contributed by atoms with Crippen molar-refractivity contribution in [1.29, 1.82) is 0 Å². The van der Waals surface area contributed by atoms with Crippen LogP contribution in [0.3, 0.4) is 0 Å². The molecular formula is C26H25Cl2NO2. The molecular weight excluding hydrogens is 429 g/mol. The fourth-order valence-electron chi connectivity index (χ4n) is 2.91. The molecule has 0 spiro atoms. The third kappa shape index (κ3) is 6.36. The molecule has 3 aromatic rings. The number of benzene rings is 3. The fraction of sp³-hybridized carbons (Fsp3) is 0.192. The summed E-state index contributed by atoms with van der Waals surface area (Å²) in [6, 6.07) is 20.5. The summed E-state index contributed by atoms with van der Waals surface area (Å²) in [5, 5.41) is 3.85. The number of carbonyl (C=O) groups is 1. The number of hydrogen-bond acceptors (Lipinski definition) is 2. The van der Waals surface area contributed by atoms with E-state index in [1.54, 1.807) is 36.4 Å². The van der Waals surface area contributed by atoms with E-state index in [1.165, 1.54) is 11.6 Å². The summed E-state index contributed by atoms with van der Waals surface area (Å²) in [7, 11) is 0. The summed E-state index contributed by atoms with van der Waals surface area (Å²) in [4.78, 5) is 12.2. The van der Waals surface area contributed by atoms with Crippen LogP contribution in [0.25, 0.3) is 6.08 Å². The standard InChI is InChI=1S/C26H25Cl2NO2/c1-4-26(2,3)19-7-12-22(13-8-19)31-23-14-10-21(11-15-23)29-25(30)16-6-18-5-9-20(27)17-24(18)28/h5-17H,4H2,1-3H3,(H,29,30). The Labute approximate surface area is 193 Å². The number of anilines is 1. The summed E-state index contributed by atoms with van der Waals surface area (Å²) >= 11 is 12.0. The molecule has 0 radical (unpaired) electrons. The topological polar surface area (TPSA) is 38.3 Å². The maximum absolute atomic E-state index is 12.2. The Morgan fingerprint density at radius 1 is 0.968 bits per heavy atom. The lowest BCUT2D eigenvalue weighted by Gasteiger charge is -2.23. The highest BCUT2D eigenvalue weighted by Crippen LogP contribution is 2.30. The van der Waals surface area contributed by atoms with E-state index >= 15 is 0 Å². The molecule has 0 bridgehead atoms. The smallest absolute Gasteiger partial charge is 0.248 e. The summed E-state index contributed by atoms with van der Waals surface area (Å²) in [6.07, 6.45) is 4.15. The summed E-state index contributed by atoms with van der Waals surface area (Å²) < 4.78 is 5.92. The zero-order chi connectivity index (χ0) is 22.4. The number of hydrogen-bond donors (Lipinski definition) is 1. The van der Waals surface area contributed by atoms with Gasteiger partial charge in [0.15, 0.2) is 0 Å². The molecule has 31 heavy (non-hydrogen) atoms. The zero-order valence-electron chi connectivity index (χ0n) is 17.8. The van der Waals surface area contributed by atoms with Crippen molar-refractivity contribution in [1.82, 2.24) is 0 Å². The summed E-state index contributed by atoms with van der Waals surface area (Å²) in [5.41, 5.74) is 2.82. The third-order valence-electron chi connectivity index (χ3n) is 5.25. The van der Waals surface area contributed by atoms with Gasteiger partial charge in [0.05, 0.1) is 0 Å². The van der Waals surface area contributed by atoms with Crippen molar-refractivity contribution in [3.05, 3.63) is 94.0 Å². The van der Waals surface area contributed by atoms with Gasteiger partial charge in [0.2, 0.25) is 5.91 Å². The van der Waals surface area contributed by atoms with Crippen molar-refractivity contribution in [2.24, 2.45) is 0 Å². The van der Waals surface area contributed by atoms with Gasteiger partial charge in [-0.3, -0.25) is 4.79 Å². The van der Waals surface area contributed by atoms with Crippen molar-refractivity contribution in [2.75, 3.05) is 5.32 Å². The lowest BCUT2D eigenvalue weighted by molar-refractivity contribution is -0.111. The van der Waals surface area contributed by atoms with E-state index in [1.807, 2.05) is 24.3 Å². The van der Waals surface area contributed by atoms with Gasteiger partial charge >= 0.3 is 0 Å². The largest absolute Gasteiger partial charge is 0.457 e. The van der Waals surface area contributed by atoms with Crippen molar-refractivity contribution < 1.29 is 9.53 Å². The van der Waals surface area contributed by atoms with Crippen molar-refractivity contribution in [2.45, 2.75) is 32.6 Å². The number of ether oxygens (including phenoxy) is 1. The molecule has 0 saturated heterocycles. The second kappa shape index (κ2) is 10.0. The molecule has 1 N–H and O–H groups in total. The highest BCUT2D eigenvalue weighted by molar-refractivity contribution is 6.35. The third-order valence-corrected chi connectivity index (χ3v) is 5.82. The van der Waals surface area contributed by atoms with E-state index in [0.717, 1.165) is 17.7 Å². The molecule has 1 amide bonds. The zero-order valence-corrected chi connectivity index (χ0v) is 19.3. The predicted octanol–water partition coefficient (Wildman–Crippen LogP) is 8.13. The molecule has 0 fully saturated rings. The second-order valence-electron chi connectivity index (χ2n) is 7.88. The first kappa shape index (κ1) is 22.9. The minimum atomic E-state index is -0.256. The number of amides is 1. The van der Waals surface area contributed by atoms with Gasteiger partial charge in [0.25, 0.3) is 0 Å². The second-order valence-corrected chi connectivity index (χ2v) is 8.72. The van der Waals surface area contributed by atoms with E-state index in [9.17, 15) is 4.79 Å². The molecule has 0 aromatic heterocycles. The van der Waals surface area contributed by atoms with Crippen LogP contribution < -0.4 is 10.1 Å². The molecule has 0 saturated carbocycles. The SMILES string of the molecule is CCC(C)(C)c1ccc(Oc2ccc(NC(=O)C=Cc3ccc(Cl)cc3Cl)cc2)cc1. The normalized spacial score (nSPS) is 11.5. The van der Waals surface area contributed by atoms with Crippen molar-refractivity contribution in [3.63, 3.8) is 0 Å². The van der Waals surface area contributed by atoms with Crippen LogP contribution in [-0.2, 0) is 10.2 Å². The van der Waals surface area contributed by atoms with Crippen LogP contribution in [0, 0.1) is 0 Å². The maximum atomic E-state index is 12.2. The Hall–Kier alpha value is -2.75. The van der Waals surface area contributed by atoms with Gasteiger partial charge in [0.1, 0.15) is 11.5 Å². The highest BCUT2D eigenvalue weighted by Gasteiger charge is 2.17. The van der Waals surface area contributed by atoms with Crippen LogP contribution in [0.1, 0.15) is 38.3 Å². The van der Waals surface area contributed by atoms with Crippen LogP contribution in [0.5, 0.6) is 11.5 Å². The molecule has 0 heterocycles. The first-order chi connectivity index (χ1) is 14.8. The summed E-state index contributed by atoms with van der Waals surface area (Å²) in [6.45, 7) is 6.65. The number of rotatable bonds is 7. The minimum Gasteiger partial charge on any atom is -0.457 e. The van der Waals surface area contributed by atoms with Gasteiger partial charge in [-0.1, -0.05) is 62.2 Å². The summed E-state index contributed by atoms with van der Waals surface area (Å²) in [5.74, 6) is 1.22. The number of carbonyl (C=O) groups excluding carboxylic acids is 1. The van der Waals surface area contributed by atoms with Crippen molar-refractivity contribution in [3.8, 4) is 11.5 Å². The van der Waals surface area contributed by atoms with Gasteiger partial charge < -0.3 is 10.1 Å². The maximum Gasteiger partial charge on any atom is 0.248 e. The molecule has 160 valence electrons. The molecule has 3 rings (SSSR count). The Balaban J connectivity index is 1.58. The average Bonchev–Trinajstić information content (AvgIpc) is 2.75. The molecule has 0 aliphatic heterocycles. The van der Waals surface area contributed by atoms with Crippen LogP contribution in [-0.4, -0.2) is 5.91 Å². The van der Waals surface area contributed by atoms with Gasteiger partial charge in [0, 0.05) is 21.8 Å². The average molecular weight is 454 g/mol. The van der Waals surface area contributed by atoms with Crippen LogP contribution in [0.4, 0.5) is 5.69 Å². The lowest BCUT2D eigenvalue weighted by Crippen LogP contribution is -2.14. The molecule has 5 heteroatoms. The van der Waals surface area contributed by atoms with Gasteiger partial charge in [-0.15, -0.1) is 0 Å². The lowest BCUT2D eigenvalue weighted by atomic mass is 9.82. The van der Waals surface area contributed by atoms with E-state index in [2.05, 4.69) is 38.2 Å². The molecule has 3 aromatic carbocycles. The Morgan fingerprint density at radius 2 is 1.58 bits per heavy atom. The molecule has 0 atom stereocenters. The first-order valence-corrected chi connectivity index (χ1v) is 10.8. The van der Waals surface area contributed by atoms with E-state index in [0.29, 0.717) is 21.5 Å². The van der Waals surface area contributed by atoms with E-state index < -0.39 is 0 Å². The Morgan fingerprint density at radius 3 is 2.16 bits per heavy atom.